The number of hydrogen-bond acceptors (Lipinski definition) is 2. The Bertz CT molecular complexity index is 40.7. The van der Waals surface area contributed by atoms with Crippen LogP contribution < -0.4 is 0 Å². The Balaban J connectivity index is 2.68. The molecule has 3 heteroatoms. The van der Waals surface area contributed by atoms with E-state index in [0.29, 0.717) is 0 Å². The number of rotatable bonds is 3. The molecule has 0 aliphatic carbocycles. The van der Waals surface area contributed by atoms with Gasteiger partial charge in [-0.3, -0.25) is 0 Å². The summed E-state index contributed by atoms with van der Waals surface area (Å²) in [6.45, 7) is 2.13. The van der Waals surface area contributed by atoms with Crippen molar-refractivity contribution in [1.29, 1.82) is 0 Å². The minimum atomic E-state index is -0.160. The summed E-state index contributed by atoms with van der Waals surface area (Å²) < 4.78 is 1.34. The molecule has 0 saturated carbocycles. The molecule has 1 atom stereocenters. The molecule has 0 bridgehead atoms. The van der Waals surface area contributed by atoms with E-state index < -0.39 is 0 Å². The molecule has 7 heavy (non-hydrogen) atoms. The van der Waals surface area contributed by atoms with E-state index in [0.717, 1.165) is 0 Å². The zero-order valence-electron chi connectivity index (χ0n) is 4.81. The summed E-state index contributed by atoms with van der Waals surface area (Å²) in [6, 6.07) is 0. The molecule has 0 fully saturated rings. The molecular weight excluding hydrogens is 153 g/mol. The number of hydrogen-bond donors (Lipinski definition) is 1. The molecule has 0 aliphatic rings. The Labute approximate surface area is 51.4 Å². The van der Waals surface area contributed by atoms with E-state index in [2.05, 4.69) is 6.92 Å². The van der Waals surface area contributed by atoms with Gasteiger partial charge in [0.1, 0.15) is 0 Å². The molecule has 0 radical (unpaired) electrons. The normalized spacial score (nSPS) is 12.0. The molecule has 44 valence electrons. The van der Waals surface area contributed by atoms with Gasteiger partial charge in [0, 0.05) is 0 Å². The molecule has 0 aromatic heterocycles. The van der Waals surface area contributed by atoms with Gasteiger partial charge in [-0.25, -0.2) is 0 Å². The molecule has 0 rings (SSSR count). The fraction of sp³-hybridized carbons (Fsp3) is 1.00. The molecular formula is C4H12AsNO. The van der Waals surface area contributed by atoms with Crippen LogP contribution >= 0.6 is 0 Å². The first-order valence-electron chi connectivity index (χ1n) is 2.43. The maximum atomic E-state index is 8.57. The van der Waals surface area contributed by atoms with E-state index in [1.807, 2.05) is 0 Å². The summed E-state index contributed by atoms with van der Waals surface area (Å²) in [5, 5.41) is 9.77. The van der Waals surface area contributed by atoms with Crippen molar-refractivity contribution in [2.24, 2.45) is 0 Å². The van der Waals surface area contributed by atoms with Crippen molar-refractivity contribution in [1.82, 2.24) is 3.98 Å². The summed E-state index contributed by atoms with van der Waals surface area (Å²) in [4.78, 5) is 0. The van der Waals surface area contributed by atoms with Crippen LogP contribution in [0, 0.1) is 0 Å². The van der Waals surface area contributed by atoms with E-state index >= 15 is 0 Å². The SMILES string of the molecule is CCC[AsH]N(C)O. The first kappa shape index (κ1) is 7.48. The molecule has 0 heterocycles. The Hall–Kier alpha value is 0.478. The summed E-state index contributed by atoms with van der Waals surface area (Å²) in [5.41, 5.74) is 0. The van der Waals surface area contributed by atoms with Crippen LogP contribution in [0.25, 0.3) is 0 Å². The van der Waals surface area contributed by atoms with E-state index in [-0.39, 0.29) is 16.0 Å². The second-order valence-electron chi connectivity index (χ2n) is 1.43. The van der Waals surface area contributed by atoms with E-state index in [1.165, 1.54) is 15.6 Å². The van der Waals surface area contributed by atoms with Crippen LogP contribution in [0.1, 0.15) is 13.3 Å². The molecule has 0 saturated heterocycles. The summed E-state index contributed by atoms with van der Waals surface area (Å²) >= 11 is -0.160. The van der Waals surface area contributed by atoms with E-state index in [9.17, 15) is 0 Å². The minimum absolute atomic E-state index is 0.160. The third-order valence-corrected chi connectivity index (χ3v) is 3.07. The number of nitrogens with zero attached hydrogens (tertiary/aromatic N) is 1. The second kappa shape index (κ2) is 4.63. The van der Waals surface area contributed by atoms with Crippen molar-refractivity contribution in [2.75, 3.05) is 7.05 Å². The molecule has 2 nitrogen and oxygen atoms in total. The van der Waals surface area contributed by atoms with Crippen molar-refractivity contribution in [3.8, 4) is 0 Å². The van der Waals surface area contributed by atoms with Crippen molar-refractivity contribution < 1.29 is 5.21 Å². The average molecular weight is 165 g/mol. The van der Waals surface area contributed by atoms with Crippen LogP contribution in [0.3, 0.4) is 0 Å². The molecule has 0 aromatic rings. The van der Waals surface area contributed by atoms with Gasteiger partial charge >= 0.3 is 50.8 Å². The van der Waals surface area contributed by atoms with Crippen molar-refractivity contribution >= 4 is 16.0 Å². The topological polar surface area (TPSA) is 23.5 Å². The van der Waals surface area contributed by atoms with Crippen LogP contribution in [0.5, 0.6) is 0 Å². The Kier molecular flexibility index (Phi) is 4.95. The fourth-order valence-electron chi connectivity index (χ4n) is 0.274. The zero-order chi connectivity index (χ0) is 5.70. The van der Waals surface area contributed by atoms with Crippen molar-refractivity contribution in [2.45, 2.75) is 18.6 Å². The third kappa shape index (κ3) is 6.48. The molecule has 0 aliphatic heterocycles. The summed E-state index contributed by atoms with van der Waals surface area (Å²) in [6.07, 6.45) is 1.20. The van der Waals surface area contributed by atoms with Gasteiger partial charge in [0.25, 0.3) is 0 Å². The van der Waals surface area contributed by atoms with Crippen molar-refractivity contribution in [3.05, 3.63) is 0 Å². The van der Waals surface area contributed by atoms with Crippen molar-refractivity contribution in [3.63, 3.8) is 0 Å². The number of hydroxylamine groups is 1. The Morgan fingerprint density at radius 1 is 1.71 bits per heavy atom. The van der Waals surface area contributed by atoms with Gasteiger partial charge in [0.05, 0.1) is 0 Å². The molecule has 0 amide bonds. The van der Waals surface area contributed by atoms with E-state index in [4.69, 9.17) is 5.21 Å². The summed E-state index contributed by atoms with van der Waals surface area (Å²) in [7, 11) is 1.72. The molecule has 1 unspecified atom stereocenters. The predicted octanol–water partition coefficient (Wildman–Crippen LogP) is 0.487. The van der Waals surface area contributed by atoms with Gasteiger partial charge in [-0.1, -0.05) is 0 Å². The van der Waals surface area contributed by atoms with Crippen LogP contribution in [0.2, 0.25) is 5.21 Å². The van der Waals surface area contributed by atoms with Gasteiger partial charge in [0.2, 0.25) is 0 Å². The quantitative estimate of drug-likeness (QED) is 0.485. The van der Waals surface area contributed by atoms with Gasteiger partial charge in [-0.15, -0.1) is 0 Å². The van der Waals surface area contributed by atoms with E-state index in [1.54, 1.807) is 7.05 Å². The summed E-state index contributed by atoms with van der Waals surface area (Å²) in [5.74, 6) is 0. The van der Waals surface area contributed by atoms with Gasteiger partial charge in [0.15, 0.2) is 0 Å². The standard InChI is InChI=1S/C4H12AsNO/c1-3-4-5-6(2)7/h5,7H,3-4H2,1-2H3. The first-order chi connectivity index (χ1) is 3.27. The molecule has 0 aromatic carbocycles. The molecule has 1 N–H and O–H groups in total. The van der Waals surface area contributed by atoms with Crippen LogP contribution in [0.4, 0.5) is 0 Å². The van der Waals surface area contributed by atoms with Crippen LogP contribution in [-0.4, -0.2) is 32.2 Å². The third-order valence-electron chi connectivity index (χ3n) is 0.591. The monoisotopic (exact) mass is 165 g/mol. The Morgan fingerprint density at radius 2 is 2.29 bits per heavy atom. The first-order valence-corrected chi connectivity index (χ1v) is 4.85. The predicted molar refractivity (Wildman–Crippen MR) is 31.8 cm³/mol. The zero-order valence-corrected chi connectivity index (χ0v) is 6.91. The fourth-order valence-corrected chi connectivity index (χ4v) is 1.42. The van der Waals surface area contributed by atoms with Crippen LogP contribution in [-0.2, 0) is 0 Å². The van der Waals surface area contributed by atoms with Gasteiger partial charge < -0.3 is 0 Å². The van der Waals surface area contributed by atoms with Crippen LogP contribution in [0.15, 0.2) is 0 Å². The average Bonchev–Trinajstić information content (AvgIpc) is 1.61. The van der Waals surface area contributed by atoms with Gasteiger partial charge in [-0.2, -0.15) is 0 Å². The molecule has 0 spiro atoms. The maximum absolute atomic E-state index is 8.57. The van der Waals surface area contributed by atoms with Gasteiger partial charge in [-0.05, 0) is 0 Å². The second-order valence-corrected chi connectivity index (χ2v) is 4.50. The Morgan fingerprint density at radius 3 is 2.43 bits per heavy atom.